The van der Waals surface area contributed by atoms with Gasteiger partial charge in [0, 0.05) is 13.7 Å². The SMILES string of the molecule is COC(C)CCOCc1c2ccccc2cc2ccccc12. The molecule has 2 heteroatoms. The van der Waals surface area contributed by atoms with Crippen LogP contribution in [0.15, 0.2) is 54.6 Å². The van der Waals surface area contributed by atoms with E-state index in [-0.39, 0.29) is 6.10 Å². The van der Waals surface area contributed by atoms with Crippen LogP contribution in [0.2, 0.25) is 0 Å². The summed E-state index contributed by atoms with van der Waals surface area (Å²) in [6, 6.07) is 19.3. The van der Waals surface area contributed by atoms with Crippen LogP contribution in [0.4, 0.5) is 0 Å². The van der Waals surface area contributed by atoms with Crippen molar-refractivity contribution in [2.75, 3.05) is 13.7 Å². The largest absolute Gasteiger partial charge is 0.382 e. The lowest BCUT2D eigenvalue weighted by Gasteiger charge is -2.13. The molecule has 0 amide bonds. The van der Waals surface area contributed by atoms with Gasteiger partial charge in [0.25, 0.3) is 0 Å². The molecule has 0 aliphatic rings. The van der Waals surface area contributed by atoms with E-state index < -0.39 is 0 Å². The van der Waals surface area contributed by atoms with Gasteiger partial charge in [0.05, 0.1) is 12.7 Å². The number of rotatable bonds is 6. The number of hydrogen-bond donors (Lipinski definition) is 0. The predicted molar refractivity (Wildman–Crippen MR) is 92.2 cm³/mol. The molecule has 0 radical (unpaired) electrons. The van der Waals surface area contributed by atoms with Gasteiger partial charge in [0.2, 0.25) is 0 Å². The number of fused-ring (bicyclic) bond motifs is 2. The van der Waals surface area contributed by atoms with Crippen molar-refractivity contribution in [3.63, 3.8) is 0 Å². The fourth-order valence-electron chi connectivity index (χ4n) is 2.80. The van der Waals surface area contributed by atoms with Gasteiger partial charge in [-0.15, -0.1) is 0 Å². The van der Waals surface area contributed by atoms with Crippen molar-refractivity contribution in [2.24, 2.45) is 0 Å². The van der Waals surface area contributed by atoms with E-state index in [1.54, 1.807) is 7.11 Å². The van der Waals surface area contributed by atoms with Crippen molar-refractivity contribution in [1.29, 1.82) is 0 Å². The topological polar surface area (TPSA) is 18.5 Å². The first-order chi connectivity index (χ1) is 10.8. The van der Waals surface area contributed by atoms with Crippen LogP contribution in [0, 0.1) is 0 Å². The summed E-state index contributed by atoms with van der Waals surface area (Å²) in [7, 11) is 1.74. The maximum Gasteiger partial charge on any atom is 0.0728 e. The molecule has 0 fully saturated rings. The van der Waals surface area contributed by atoms with Crippen molar-refractivity contribution in [3.8, 4) is 0 Å². The predicted octanol–water partition coefficient (Wildman–Crippen LogP) is 4.93. The lowest BCUT2D eigenvalue weighted by molar-refractivity contribution is 0.0563. The molecule has 3 aromatic carbocycles. The molecule has 3 aromatic rings. The highest BCUT2D eigenvalue weighted by Gasteiger charge is 2.08. The van der Waals surface area contributed by atoms with E-state index in [0.29, 0.717) is 13.2 Å². The van der Waals surface area contributed by atoms with Gasteiger partial charge in [-0.25, -0.2) is 0 Å². The van der Waals surface area contributed by atoms with Gasteiger partial charge in [-0.1, -0.05) is 48.5 Å². The van der Waals surface area contributed by atoms with Gasteiger partial charge < -0.3 is 9.47 Å². The van der Waals surface area contributed by atoms with Crippen LogP contribution in [0.25, 0.3) is 21.5 Å². The Morgan fingerprint density at radius 2 is 1.50 bits per heavy atom. The molecular formula is C20H22O2. The molecule has 22 heavy (non-hydrogen) atoms. The minimum Gasteiger partial charge on any atom is -0.382 e. The Balaban J connectivity index is 1.91. The highest BCUT2D eigenvalue weighted by atomic mass is 16.5. The number of benzene rings is 3. The molecule has 0 N–H and O–H groups in total. The van der Waals surface area contributed by atoms with Crippen LogP contribution in [-0.2, 0) is 16.1 Å². The van der Waals surface area contributed by atoms with Crippen molar-refractivity contribution >= 4 is 21.5 Å². The van der Waals surface area contributed by atoms with Gasteiger partial charge in [0.1, 0.15) is 0 Å². The Bertz CT molecular complexity index is 710. The molecule has 1 unspecified atom stereocenters. The summed E-state index contributed by atoms with van der Waals surface area (Å²) in [6.07, 6.45) is 1.16. The molecule has 0 heterocycles. The summed E-state index contributed by atoms with van der Waals surface area (Å²) in [5.41, 5.74) is 1.28. The van der Waals surface area contributed by atoms with Crippen molar-refractivity contribution < 1.29 is 9.47 Å². The van der Waals surface area contributed by atoms with Gasteiger partial charge in [-0.3, -0.25) is 0 Å². The van der Waals surface area contributed by atoms with Crippen LogP contribution in [0.3, 0.4) is 0 Å². The zero-order chi connectivity index (χ0) is 15.4. The maximum atomic E-state index is 5.93. The van der Waals surface area contributed by atoms with Crippen LogP contribution in [0.1, 0.15) is 18.9 Å². The molecule has 0 saturated heterocycles. The molecule has 0 aromatic heterocycles. The molecule has 3 rings (SSSR count). The number of hydrogen-bond acceptors (Lipinski definition) is 2. The zero-order valence-corrected chi connectivity index (χ0v) is 13.2. The maximum absolute atomic E-state index is 5.93. The normalized spacial score (nSPS) is 12.8. The van der Waals surface area contributed by atoms with Crippen LogP contribution in [-0.4, -0.2) is 19.8 Å². The molecule has 0 aliphatic carbocycles. The lowest BCUT2D eigenvalue weighted by Crippen LogP contribution is -2.09. The summed E-state index contributed by atoms with van der Waals surface area (Å²) in [4.78, 5) is 0. The average Bonchev–Trinajstić information content (AvgIpc) is 2.57. The Morgan fingerprint density at radius 3 is 2.09 bits per heavy atom. The highest BCUT2D eigenvalue weighted by Crippen LogP contribution is 2.29. The fraction of sp³-hybridized carbons (Fsp3) is 0.300. The lowest BCUT2D eigenvalue weighted by atomic mass is 9.97. The van der Waals surface area contributed by atoms with E-state index in [0.717, 1.165) is 6.42 Å². The van der Waals surface area contributed by atoms with Crippen molar-refractivity contribution in [3.05, 3.63) is 60.2 Å². The summed E-state index contributed by atoms with van der Waals surface area (Å²) in [5, 5.41) is 5.09. The number of ether oxygens (including phenoxy) is 2. The summed E-state index contributed by atoms with van der Waals surface area (Å²) in [5.74, 6) is 0. The Hall–Kier alpha value is -1.90. The second kappa shape index (κ2) is 6.91. The van der Waals surface area contributed by atoms with Gasteiger partial charge in [-0.2, -0.15) is 0 Å². The minimum absolute atomic E-state index is 0.240. The van der Waals surface area contributed by atoms with Gasteiger partial charge in [0.15, 0.2) is 0 Å². The smallest absolute Gasteiger partial charge is 0.0728 e. The molecule has 0 aliphatic heterocycles. The molecule has 2 nitrogen and oxygen atoms in total. The number of methoxy groups -OCH3 is 1. The third-order valence-corrected chi connectivity index (χ3v) is 4.20. The standard InChI is InChI=1S/C20H22O2/c1-15(21-2)11-12-22-14-20-18-9-5-3-7-16(18)13-17-8-4-6-10-19(17)20/h3-10,13,15H,11-12,14H2,1-2H3. The molecule has 114 valence electrons. The third-order valence-electron chi connectivity index (χ3n) is 4.20. The van der Waals surface area contributed by atoms with Crippen LogP contribution >= 0.6 is 0 Å². The van der Waals surface area contributed by atoms with E-state index in [2.05, 4.69) is 61.5 Å². The highest BCUT2D eigenvalue weighted by molar-refractivity contribution is 6.02. The first kappa shape index (κ1) is 15.0. The molecule has 0 bridgehead atoms. The van der Waals surface area contributed by atoms with E-state index >= 15 is 0 Å². The third kappa shape index (κ3) is 3.13. The molecule has 0 saturated carbocycles. The fourth-order valence-corrected chi connectivity index (χ4v) is 2.80. The molecule has 0 spiro atoms. The van der Waals surface area contributed by atoms with Crippen molar-refractivity contribution in [2.45, 2.75) is 26.1 Å². The molecular weight excluding hydrogens is 272 g/mol. The Labute approximate surface area is 131 Å². The van der Waals surface area contributed by atoms with Crippen LogP contribution in [0.5, 0.6) is 0 Å². The first-order valence-corrected chi connectivity index (χ1v) is 7.79. The average molecular weight is 294 g/mol. The Morgan fingerprint density at radius 1 is 0.909 bits per heavy atom. The summed E-state index contributed by atoms with van der Waals surface area (Å²) < 4.78 is 11.2. The second-order valence-corrected chi connectivity index (χ2v) is 5.68. The van der Waals surface area contributed by atoms with Gasteiger partial charge in [-0.05, 0) is 46.5 Å². The van der Waals surface area contributed by atoms with E-state index in [1.807, 2.05) is 0 Å². The monoisotopic (exact) mass is 294 g/mol. The summed E-state index contributed by atoms with van der Waals surface area (Å²) >= 11 is 0. The Kier molecular flexibility index (Phi) is 4.71. The van der Waals surface area contributed by atoms with E-state index in [9.17, 15) is 0 Å². The second-order valence-electron chi connectivity index (χ2n) is 5.68. The zero-order valence-electron chi connectivity index (χ0n) is 13.2. The minimum atomic E-state index is 0.240. The quantitative estimate of drug-likeness (QED) is 0.474. The van der Waals surface area contributed by atoms with E-state index in [1.165, 1.54) is 27.1 Å². The molecule has 1 atom stereocenters. The van der Waals surface area contributed by atoms with Gasteiger partial charge >= 0.3 is 0 Å². The first-order valence-electron chi connectivity index (χ1n) is 7.79. The van der Waals surface area contributed by atoms with E-state index in [4.69, 9.17) is 9.47 Å². The summed E-state index contributed by atoms with van der Waals surface area (Å²) in [6.45, 7) is 3.42. The van der Waals surface area contributed by atoms with Crippen LogP contribution < -0.4 is 0 Å². The van der Waals surface area contributed by atoms with Crippen molar-refractivity contribution in [1.82, 2.24) is 0 Å².